The van der Waals surface area contributed by atoms with E-state index in [1.807, 2.05) is 12.1 Å². The summed E-state index contributed by atoms with van der Waals surface area (Å²) in [5.74, 6) is -0.178. The maximum Gasteiger partial charge on any atom is 0.227 e. The summed E-state index contributed by atoms with van der Waals surface area (Å²) in [6.07, 6.45) is 1.31. The van der Waals surface area contributed by atoms with E-state index in [-0.39, 0.29) is 11.7 Å². The van der Waals surface area contributed by atoms with Crippen LogP contribution in [0.25, 0.3) is 0 Å². The van der Waals surface area contributed by atoms with Gasteiger partial charge in [-0.2, -0.15) is 0 Å². The summed E-state index contributed by atoms with van der Waals surface area (Å²) < 4.78 is 14.9. The number of carbonyl (C=O) groups excluding carboxylic acids is 1. The second kappa shape index (κ2) is 6.04. The van der Waals surface area contributed by atoms with Crippen molar-refractivity contribution in [2.75, 3.05) is 4.90 Å². The molecule has 0 radical (unpaired) electrons. The molecule has 0 unspecified atom stereocenters. The van der Waals surface area contributed by atoms with E-state index in [4.69, 9.17) is 0 Å². The van der Waals surface area contributed by atoms with Gasteiger partial charge in [0.1, 0.15) is 5.82 Å². The molecule has 0 saturated carbocycles. The Balaban J connectivity index is 1.94. The van der Waals surface area contributed by atoms with Gasteiger partial charge in [-0.05, 0) is 86.4 Å². The Labute approximate surface area is 144 Å². The first-order valence-electron chi connectivity index (χ1n) is 6.57. The molecule has 1 aliphatic heterocycles. The first-order chi connectivity index (χ1) is 10.0. The van der Waals surface area contributed by atoms with Crippen LogP contribution in [0.5, 0.6) is 0 Å². The van der Waals surface area contributed by atoms with Crippen molar-refractivity contribution in [1.82, 2.24) is 0 Å². The molecule has 1 heterocycles. The number of amides is 1. The highest BCUT2D eigenvalue weighted by Gasteiger charge is 2.24. The molecule has 2 nitrogen and oxygen atoms in total. The normalized spacial score (nSPS) is 14.2. The molecule has 2 aromatic carbocycles. The van der Waals surface area contributed by atoms with Gasteiger partial charge in [0.2, 0.25) is 5.91 Å². The van der Waals surface area contributed by atoms with Crippen molar-refractivity contribution in [3.05, 3.63) is 61.4 Å². The molecule has 2 aromatic rings. The lowest BCUT2D eigenvalue weighted by Crippen LogP contribution is -2.34. The maximum atomic E-state index is 13.3. The van der Waals surface area contributed by atoms with Gasteiger partial charge >= 0.3 is 0 Å². The van der Waals surface area contributed by atoms with Gasteiger partial charge in [-0.15, -0.1) is 0 Å². The molecule has 3 rings (SSSR count). The van der Waals surface area contributed by atoms with Crippen LogP contribution in [0.1, 0.15) is 17.5 Å². The number of hydrogen-bond acceptors (Lipinski definition) is 1. The molecule has 0 aromatic heterocycles. The smallest absolute Gasteiger partial charge is 0.227 e. The summed E-state index contributed by atoms with van der Waals surface area (Å²) in [7, 11) is 0. The minimum absolute atomic E-state index is 0.115. The Bertz CT molecular complexity index is 719. The van der Waals surface area contributed by atoms with Gasteiger partial charge in [0, 0.05) is 15.7 Å². The standard InChI is InChI=1S/C16H12BrFINO/c17-13-7-10(1-4-14(13)18)9-20-15-5-3-12(19)8-11(15)2-6-16(20)21/h1,3-5,7-8H,2,6,9H2. The molecule has 1 aliphatic rings. The van der Waals surface area contributed by atoms with Crippen molar-refractivity contribution in [2.45, 2.75) is 19.4 Å². The van der Waals surface area contributed by atoms with Crippen LogP contribution in [0.4, 0.5) is 10.1 Å². The topological polar surface area (TPSA) is 20.3 Å². The van der Waals surface area contributed by atoms with Crippen molar-refractivity contribution >= 4 is 50.1 Å². The third-order valence-electron chi connectivity index (χ3n) is 3.57. The average molecular weight is 460 g/mol. The molecule has 0 fully saturated rings. The molecule has 0 atom stereocenters. The Morgan fingerprint density at radius 1 is 1.19 bits per heavy atom. The second-order valence-corrected chi connectivity index (χ2v) is 7.10. The van der Waals surface area contributed by atoms with Crippen LogP contribution >= 0.6 is 38.5 Å². The van der Waals surface area contributed by atoms with Gasteiger partial charge in [-0.3, -0.25) is 4.79 Å². The number of fused-ring (bicyclic) bond motifs is 1. The summed E-state index contributed by atoms with van der Waals surface area (Å²) >= 11 is 5.47. The number of carbonyl (C=O) groups is 1. The Morgan fingerprint density at radius 3 is 2.76 bits per heavy atom. The number of rotatable bonds is 2. The molecule has 0 bridgehead atoms. The summed E-state index contributed by atoms with van der Waals surface area (Å²) in [4.78, 5) is 14.0. The van der Waals surface area contributed by atoms with Crippen LogP contribution in [-0.2, 0) is 17.8 Å². The molecule has 0 N–H and O–H groups in total. The fourth-order valence-electron chi connectivity index (χ4n) is 2.52. The summed E-state index contributed by atoms with van der Waals surface area (Å²) in [5.41, 5.74) is 3.07. The zero-order chi connectivity index (χ0) is 15.0. The lowest BCUT2D eigenvalue weighted by Gasteiger charge is -2.29. The molecule has 108 valence electrons. The number of hydrogen-bond donors (Lipinski definition) is 0. The molecular weight excluding hydrogens is 448 g/mol. The number of aryl methyl sites for hydroxylation is 1. The summed E-state index contributed by atoms with van der Waals surface area (Å²) in [6.45, 7) is 0.464. The van der Waals surface area contributed by atoms with E-state index in [0.717, 1.165) is 17.7 Å². The van der Waals surface area contributed by atoms with Gasteiger partial charge < -0.3 is 4.90 Å². The number of anilines is 1. The molecule has 5 heteroatoms. The zero-order valence-electron chi connectivity index (χ0n) is 11.1. The van der Waals surface area contributed by atoms with Crippen LogP contribution in [0.15, 0.2) is 40.9 Å². The largest absolute Gasteiger partial charge is 0.308 e. The molecule has 1 amide bonds. The number of benzene rings is 2. The van der Waals surface area contributed by atoms with Crippen molar-refractivity contribution < 1.29 is 9.18 Å². The first kappa shape index (κ1) is 15.0. The Hall–Kier alpha value is -0.950. The average Bonchev–Trinajstić information content (AvgIpc) is 2.46. The number of halogens is 3. The third-order valence-corrected chi connectivity index (χ3v) is 4.84. The van der Waals surface area contributed by atoms with Crippen molar-refractivity contribution in [2.24, 2.45) is 0 Å². The van der Waals surface area contributed by atoms with E-state index in [1.54, 1.807) is 17.0 Å². The van der Waals surface area contributed by atoms with Crippen LogP contribution in [0.3, 0.4) is 0 Å². The van der Waals surface area contributed by atoms with E-state index in [0.29, 0.717) is 17.4 Å². The SMILES string of the molecule is O=C1CCc2cc(I)ccc2N1Cc1ccc(F)c(Br)c1. The molecule has 0 spiro atoms. The van der Waals surface area contributed by atoms with Crippen molar-refractivity contribution in [1.29, 1.82) is 0 Å². The Morgan fingerprint density at radius 2 is 2.00 bits per heavy atom. The van der Waals surface area contributed by atoms with E-state index in [2.05, 4.69) is 44.6 Å². The van der Waals surface area contributed by atoms with E-state index < -0.39 is 0 Å². The number of nitrogens with zero attached hydrogens (tertiary/aromatic N) is 1. The fraction of sp³-hybridized carbons (Fsp3) is 0.188. The fourth-order valence-corrected chi connectivity index (χ4v) is 3.50. The van der Waals surface area contributed by atoms with Crippen LogP contribution in [0.2, 0.25) is 0 Å². The van der Waals surface area contributed by atoms with E-state index >= 15 is 0 Å². The highest BCUT2D eigenvalue weighted by Crippen LogP contribution is 2.31. The van der Waals surface area contributed by atoms with Crippen LogP contribution < -0.4 is 4.90 Å². The second-order valence-electron chi connectivity index (χ2n) is 5.00. The predicted octanol–water partition coefficient (Wildman–Crippen LogP) is 4.67. The predicted molar refractivity (Wildman–Crippen MR) is 92.8 cm³/mol. The molecule has 0 aliphatic carbocycles. The van der Waals surface area contributed by atoms with Gasteiger partial charge in [0.15, 0.2) is 0 Å². The highest BCUT2D eigenvalue weighted by molar-refractivity contribution is 14.1. The lowest BCUT2D eigenvalue weighted by atomic mass is 10.0. The summed E-state index contributed by atoms with van der Waals surface area (Å²) in [5, 5.41) is 0. The van der Waals surface area contributed by atoms with Gasteiger partial charge in [0.05, 0.1) is 11.0 Å². The van der Waals surface area contributed by atoms with Gasteiger partial charge in [0.25, 0.3) is 0 Å². The molecule has 0 saturated heterocycles. The molecular formula is C16H12BrFINO. The van der Waals surface area contributed by atoms with Gasteiger partial charge in [-0.1, -0.05) is 6.07 Å². The zero-order valence-corrected chi connectivity index (χ0v) is 14.8. The minimum Gasteiger partial charge on any atom is -0.308 e. The first-order valence-corrected chi connectivity index (χ1v) is 8.44. The monoisotopic (exact) mass is 459 g/mol. The third kappa shape index (κ3) is 3.13. The van der Waals surface area contributed by atoms with Crippen molar-refractivity contribution in [3.63, 3.8) is 0 Å². The quantitative estimate of drug-likeness (QED) is 0.597. The highest BCUT2D eigenvalue weighted by atomic mass is 127. The minimum atomic E-state index is -0.293. The summed E-state index contributed by atoms with van der Waals surface area (Å²) in [6, 6.07) is 11.0. The Kier molecular flexibility index (Phi) is 4.31. The van der Waals surface area contributed by atoms with E-state index in [9.17, 15) is 9.18 Å². The maximum absolute atomic E-state index is 13.3. The van der Waals surface area contributed by atoms with Crippen LogP contribution in [-0.4, -0.2) is 5.91 Å². The van der Waals surface area contributed by atoms with Gasteiger partial charge in [-0.25, -0.2) is 4.39 Å². The lowest BCUT2D eigenvalue weighted by molar-refractivity contribution is -0.119. The van der Waals surface area contributed by atoms with E-state index in [1.165, 1.54) is 15.2 Å². The molecule has 21 heavy (non-hydrogen) atoms. The van der Waals surface area contributed by atoms with Crippen LogP contribution in [0, 0.1) is 9.39 Å². The van der Waals surface area contributed by atoms with Crippen molar-refractivity contribution in [3.8, 4) is 0 Å².